The molecule has 0 bridgehead atoms. The van der Waals surface area contributed by atoms with E-state index in [4.69, 9.17) is 4.42 Å². The van der Waals surface area contributed by atoms with Crippen LogP contribution in [0.2, 0.25) is 0 Å². The van der Waals surface area contributed by atoms with Gasteiger partial charge in [0.2, 0.25) is 0 Å². The number of benzene rings is 1. The quantitative estimate of drug-likeness (QED) is 0.781. The molecule has 0 aliphatic rings. The van der Waals surface area contributed by atoms with Crippen molar-refractivity contribution in [2.75, 3.05) is 27.2 Å². The average Bonchev–Trinajstić information content (AvgIpc) is 2.82. The van der Waals surface area contributed by atoms with Crippen molar-refractivity contribution in [3.63, 3.8) is 0 Å². The van der Waals surface area contributed by atoms with Gasteiger partial charge in [-0.1, -0.05) is 15.9 Å². The molecule has 2 aromatic rings. The number of hydrogen-bond donors (Lipinski definition) is 2. The van der Waals surface area contributed by atoms with Crippen molar-refractivity contribution in [2.45, 2.75) is 6.61 Å². The number of nitrogens with one attached hydrogen (secondary N) is 1. The van der Waals surface area contributed by atoms with Gasteiger partial charge in [-0.3, -0.25) is 4.79 Å². The van der Waals surface area contributed by atoms with E-state index in [2.05, 4.69) is 37.2 Å². The van der Waals surface area contributed by atoms with Gasteiger partial charge in [-0.2, -0.15) is 0 Å². The first-order valence-corrected chi connectivity index (χ1v) is 7.97. The van der Waals surface area contributed by atoms with Crippen LogP contribution in [0.3, 0.4) is 0 Å². The molecule has 1 aromatic heterocycles. The highest BCUT2D eigenvalue weighted by atomic mass is 79.9. The first-order chi connectivity index (χ1) is 9.93. The van der Waals surface area contributed by atoms with E-state index in [0.29, 0.717) is 12.1 Å². The van der Waals surface area contributed by atoms with Gasteiger partial charge in [0.15, 0.2) is 5.76 Å². The van der Waals surface area contributed by atoms with Gasteiger partial charge in [0.05, 0.1) is 6.61 Å². The molecular formula is C14H16Br2N2O3. The Morgan fingerprint density at radius 3 is 2.71 bits per heavy atom. The molecule has 0 fully saturated rings. The summed E-state index contributed by atoms with van der Waals surface area (Å²) in [5.74, 6) is 0.00747. The molecule has 7 heteroatoms. The minimum atomic E-state index is -0.248. The molecule has 0 saturated heterocycles. The van der Waals surface area contributed by atoms with E-state index in [1.54, 1.807) is 12.1 Å². The van der Waals surface area contributed by atoms with Crippen LogP contribution in [0, 0.1) is 0 Å². The number of aliphatic hydroxyl groups is 1. The van der Waals surface area contributed by atoms with Gasteiger partial charge in [0.1, 0.15) is 5.58 Å². The Labute approximate surface area is 139 Å². The number of halogens is 2. The lowest BCUT2D eigenvalue weighted by molar-refractivity contribution is 0.0925. The van der Waals surface area contributed by atoms with Crippen LogP contribution in [0.1, 0.15) is 16.1 Å². The molecule has 0 spiro atoms. The third-order valence-corrected chi connectivity index (χ3v) is 4.65. The summed E-state index contributed by atoms with van der Waals surface area (Å²) in [6, 6.07) is 3.43. The highest BCUT2D eigenvalue weighted by Gasteiger charge is 2.17. The number of hydrogen-bond acceptors (Lipinski definition) is 4. The number of likely N-dealkylation sites (N-methyl/N-ethyl adjacent to an activating group) is 1. The molecule has 1 aromatic carbocycles. The number of carbonyl (C=O) groups is 1. The fourth-order valence-corrected chi connectivity index (χ4v) is 3.34. The number of fused-ring (bicyclic) bond motifs is 1. The zero-order chi connectivity index (χ0) is 15.6. The van der Waals surface area contributed by atoms with Crippen molar-refractivity contribution < 1.29 is 14.3 Å². The third-order valence-electron chi connectivity index (χ3n) is 3.03. The van der Waals surface area contributed by atoms with Crippen molar-refractivity contribution in [1.29, 1.82) is 0 Å². The molecule has 2 rings (SSSR count). The highest BCUT2D eigenvalue weighted by molar-refractivity contribution is 9.11. The summed E-state index contributed by atoms with van der Waals surface area (Å²) in [5, 5.41) is 12.9. The smallest absolute Gasteiger partial charge is 0.287 e. The molecule has 1 heterocycles. The van der Waals surface area contributed by atoms with Gasteiger partial charge in [-0.15, -0.1) is 0 Å². The first-order valence-electron chi connectivity index (χ1n) is 6.38. The Balaban J connectivity index is 2.26. The molecule has 1 amide bonds. The zero-order valence-electron chi connectivity index (χ0n) is 11.7. The number of nitrogens with zero attached hydrogens (tertiary/aromatic N) is 1. The molecule has 0 radical (unpaired) electrons. The normalized spacial score (nSPS) is 11.3. The van der Waals surface area contributed by atoms with E-state index in [1.807, 2.05) is 19.0 Å². The summed E-state index contributed by atoms with van der Waals surface area (Å²) in [4.78, 5) is 14.0. The van der Waals surface area contributed by atoms with E-state index >= 15 is 0 Å². The number of aliphatic hydroxyl groups excluding tert-OH is 1. The topological polar surface area (TPSA) is 65.7 Å². The van der Waals surface area contributed by atoms with Gasteiger partial charge in [0.25, 0.3) is 5.91 Å². The number of carbonyl (C=O) groups excluding carboxylic acids is 1. The van der Waals surface area contributed by atoms with Crippen LogP contribution in [-0.4, -0.2) is 43.1 Å². The maximum Gasteiger partial charge on any atom is 0.287 e. The van der Waals surface area contributed by atoms with Crippen LogP contribution >= 0.6 is 31.9 Å². The van der Waals surface area contributed by atoms with E-state index < -0.39 is 0 Å². The number of amides is 1. The molecule has 5 nitrogen and oxygen atoms in total. The van der Waals surface area contributed by atoms with Crippen LogP contribution < -0.4 is 5.32 Å². The minimum Gasteiger partial charge on any atom is -0.451 e. The van der Waals surface area contributed by atoms with E-state index in [-0.39, 0.29) is 18.3 Å². The predicted octanol–water partition coefficient (Wildman–Crippen LogP) is 2.74. The Hall–Kier alpha value is -0.890. The number of furan rings is 1. The summed E-state index contributed by atoms with van der Waals surface area (Å²) in [5.41, 5.74) is 1.31. The standard InChI is InChI=1S/C14H16Br2N2O3/c1-18(2)4-3-17-14(20)12-5-8-11(21-12)6-10(15)9(7-19)13(8)16/h5-6,19H,3-4,7H2,1-2H3,(H,17,20). The van der Waals surface area contributed by atoms with Crippen molar-refractivity contribution >= 4 is 48.7 Å². The van der Waals surface area contributed by atoms with E-state index in [1.165, 1.54) is 0 Å². The van der Waals surface area contributed by atoms with E-state index in [0.717, 1.165) is 26.4 Å². The second-order valence-electron chi connectivity index (χ2n) is 4.89. The maximum atomic E-state index is 12.0. The summed E-state index contributed by atoms with van der Waals surface area (Å²) >= 11 is 6.82. The Morgan fingerprint density at radius 2 is 2.10 bits per heavy atom. The monoisotopic (exact) mass is 418 g/mol. The van der Waals surface area contributed by atoms with Crippen LogP contribution in [0.5, 0.6) is 0 Å². The van der Waals surface area contributed by atoms with Crippen LogP contribution in [0.25, 0.3) is 11.0 Å². The fraction of sp³-hybridized carbons (Fsp3) is 0.357. The van der Waals surface area contributed by atoms with Gasteiger partial charge in [-0.05, 0) is 42.2 Å². The molecule has 0 aliphatic carbocycles. The maximum absolute atomic E-state index is 12.0. The Kier molecular flexibility index (Phi) is 5.43. The van der Waals surface area contributed by atoms with Crippen molar-refractivity contribution in [3.05, 3.63) is 32.4 Å². The molecular weight excluding hydrogens is 404 g/mol. The van der Waals surface area contributed by atoms with E-state index in [9.17, 15) is 9.90 Å². The van der Waals surface area contributed by atoms with Crippen LogP contribution in [0.4, 0.5) is 0 Å². The average molecular weight is 420 g/mol. The summed E-state index contributed by atoms with van der Waals surface area (Å²) < 4.78 is 7.04. The minimum absolute atomic E-state index is 0.105. The van der Waals surface area contributed by atoms with Crippen LogP contribution in [-0.2, 0) is 6.61 Å². The van der Waals surface area contributed by atoms with Gasteiger partial charge >= 0.3 is 0 Å². The largest absolute Gasteiger partial charge is 0.451 e. The highest BCUT2D eigenvalue weighted by Crippen LogP contribution is 2.35. The second kappa shape index (κ2) is 6.91. The molecule has 21 heavy (non-hydrogen) atoms. The Morgan fingerprint density at radius 1 is 1.38 bits per heavy atom. The molecule has 2 N–H and O–H groups in total. The van der Waals surface area contributed by atoms with Crippen molar-refractivity contribution in [2.24, 2.45) is 0 Å². The molecule has 0 unspecified atom stereocenters. The Bertz CT molecular complexity index is 668. The van der Waals surface area contributed by atoms with Crippen LogP contribution in [0.15, 0.2) is 25.5 Å². The molecule has 0 saturated carbocycles. The summed E-state index contributed by atoms with van der Waals surface area (Å²) in [6.07, 6.45) is 0. The molecule has 114 valence electrons. The number of rotatable bonds is 5. The van der Waals surface area contributed by atoms with Crippen molar-refractivity contribution in [1.82, 2.24) is 10.2 Å². The zero-order valence-corrected chi connectivity index (χ0v) is 14.9. The van der Waals surface area contributed by atoms with Gasteiger partial charge < -0.3 is 19.7 Å². The second-order valence-corrected chi connectivity index (χ2v) is 6.54. The molecule has 0 atom stereocenters. The first kappa shape index (κ1) is 16.5. The summed E-state index contributed by atoms with van der Waals surface area (Å²) in [6.45, 7) is 1.21. The van der Waals surface area contributed by atoms with Gasteiger partial charge in [-0.25, -0.2) is 0 Å². The predicted molar refractivity (Wildman–Crippen MR) is 88.4 cm³/mol. The fourth-order valence-electron chi connectivity index (χ4n) is 1.89. The lowest BCUT2D eigenvalue weighted by Gasteiger charge is -2.09. The third kappa shape index (κ3) is 3.66. The lowest BCUT2D eigenvalue weighted by Crippen LogP contribution is -2.31. The lowest BCUT2D eigenvalue weighted by atomic mass is 10.1. The molecule has 0 aliphatic heterocycles. The summed E-state index contributed by atoms with van der Waals surface area (Å²) in [7, 11) is 3.89. The van der Waals surface area contributed by atoms with Gasteiger partial charge in [0, 0.05) is 33.0 Å². The van der Waals surface area contributed by atoms with Crippen molar-refractivity contribution in [3.8, 4) is 0 Å². The SMILES string of the molecule is CN(C)CCNC(=O)c1cc2c(Br)c(CO)c(Br)cc2o1.